The molecule has 0 saturated carbocycles. The lowest BCUT2D eigenvalue weighted by molar-refractivity contribution is -0.144. The predicted octanol–water partition coefficient (Wildman–Crippen LogP) is 1.01. The van der Waals surface area contributed by atoms with Crippen LogP contribution in [0.4, 0.5) is 0 Å². The van der Waals surface area contributed by atoms with Crippen LogP contribution in [0.1, 0.15) is 6.92 Å². The second-order valence-electron chi connectivity index (χ2n) is 4.67. The van der Waals surface area contributed by atoms with Crippen LogP contribution >= 0.6 is 0 Å². The Hall–Kier alpha value is -1.96. The molecular formula is C15H18N2O4S. The molecule has 0 saturated heterocycles. The lowest BCUT2D eigenvalue weighted by atomic mass is 10.1. The molecule has 0 unspecified atom stereocenters. The van der Waals surface area contributed by atoms with Crippen molar-refractivity contribution in [1.82, 2.24) is 4.72 Å². The van der Waals surface area contributed by atoms with E-state index >= 15 is 0 Å². The molecule has 118 valence electrons. The van der Waals surface area contributed by atoms with Crippen molar-refractivity contribution in [1.29, 1.82) is 0 Å². The maximum absolute atomic E-state index is 12.4. The third kappa shape index (κ3) is 3.62. The van der Waals surface area contributed by atoms with Gasteiger partial charge >= 0.3 is 5.97 Å². The number of benzene rings is 2. The number of esters is 1. The van der Waals surface area contributed by atoms with E-state index in [1.54, 1.807) is 19.1 Å². The summed E-state index contributed by atoms with van der Waals surface area (Å²) in [7, 11) is -3.86. The fraction of sp³-hybridized carbons (Fsp3) is 0.267. The van der Waals surface area contributed by atoms with Crippen molar-refractivity contribution in [2.24, 2.45) is 5.73 Å². The third-order valence-corrected chi connectivity index (χ3v) is 4.60. The van der Waals surface area contributed by atoms with E-state index in [9.17, 15) is 13.2 Å². The van der Waals surface area contributed by atoms with E-state index in [1.807, 2.05) is 24.3 Å². The zero-order valence-electron chi connectivity index (χ0n) is 12.2. The fourth-order valence-corrected chi connectivity index (χ4v) is 3.26. The largest absolute Gasteiger partial charge is 0.465 e. The molecule has 0 aliphatic carbocycles. The number of ether oxygens (including phenoxy) is 1. The van der Waals surface area contributed by atoms with Gasteiger partial charge in [-0.1, -0.05) is 30.3 Å². The van der Waals surface area contributed by atoms with Gasteiger partial charge in [0.2, 0.25) is 10.0 Å². The molecule has 0 amide bonds. The Morgan fingerprint density at radius 1 is 1.23 bits per heavy atom. The van der Waals surface area contributed by atoms with Gasteiger partial charge in [0.15, 0.2) is 0 Å². The minimum absolute atomic E-state index is 0.0777. The summed E-state index contributed by atoms with van der Waals surface area (Å²) < 4.78 is 31.8. The maximum atomic E-state index is 12.4. The number of hydrogen-bond donors (Lipinski definition) is 2. The van der Waals surface area contributed by atoms with Crippen molar-refractivity contribution in [3.05, 3.63) is 42.5 Å². The highest BCUT2D eigenvalue weighted by molar-refractivity contribution is 7.89. The highest BCUT2D eigenvalue weighted by Gasteiger charge is 2.25. The molecule has 1 atom stereocenters. The average Bonchev–Trinajstić information content (AvgIpc) is 2.52. The monoisotopic (exact) mass is 322 g/mol. The molecule has 0 bridgehead atoms. The van der Waals surface area contributed by atoms with Gasteiger partial charge < -0.3 is 10.5 Å². The summed E-state index contributed by atoms with van der Waals surface area (Å²) in [4.78, 5) is 11.7. The van der Waals surface area contributed by atoms with Crippen molar-refractivity contribution in [3.63, 3.8) is 0 Å². The van der Waals surface area contributed by atoms with Gasteiger partial charge in [-0.05, 0) is 29.8 Å². The molecule has 0 heterocycles. The summed E-state index contributed by atoms with van der Waals surface area (Å²) in [6, 6.07) is 11.1. The summed E-state index contributed by atoms with van der Waals surface area (Å²) >= 11 is 0. The fourth-order valence-electron chi connectivity index (χ4n) is 2.03. The topological polar surface area (TPSA) is 98.5 Å². The number of hydrogen-bond acceptors (Lipinski definition) is 5. The van der Waals surface area contributed by atoms with Gasteiger partial charge in [-0.15, -0.1) is 0 Å². The lowest BCUT2D eigenvalue weighted by Crippen LogP contribution is -2.46. The van der Waals surface area contributed by atoms with Crippen LogP contribution in [0.15, 0.2) is 47.4 Å². The summed E-state index contributed by atoms with van der Waals surface area (Å²) in [6.07, 6.45) is 0. The second-order valence-corrected chi connectivity index (χ2v) is 6.38. The zero-order valence-corrected chi connectivity index (χ0v) is 13.0. The number of nitrogens with one attached hydrogen (secondary N) is 1. The van der Waals surface area contributed by atoms with Gasteiger partial charge in [0, 0.05) is 6.54 Å². The molecule has 2 aromatic carbocycles. The molecule has 0 aliphatic rings. The molecule has 0 spiro atoms. The Balaban J connectivity index is 2.29. The zero-order chi connectivity index (χ0) is 16.2. The van der Waals surface area contributed by atoms with Crippen LogP contribution in [0.3, 0.4) is 0 Å². The van der Waals surface area contributed by atoms with Crippen LogP contribution in [-0.4, -0.2) is 33.6 Å². The highest BCUT2D eigenvalue weighted by atomic mass is 32.2. The van der Waals surface area contributed by atoms with Gasteiger partial charge in [-0.3, -0.25) is 4.79 Å². The summed E-state index contributed by atoms with van der Waals surface area (Å²) in [6.45, 7) is 1.63. The predicted molar refractivity (Wildman–Crippen MR) is 83.7 cm³/mol. The maximum Gasteiger partial charge on any atom is 0.325 e. The molecule has 7 heteroatoms. The van der Waals surface area contributed by atoms with Crippen LogP contribution < -0.4 is 10.5 Å². The first-order chi connectivity index (χ1) is 10.5. The summed E-state index contributed by atoms with van der Waals surface area (Å²) in [5, 5.41) is 1.73. The number of nitrogens with two attached hydrogens (primary N) is 1. The number of carbonyl (C=O) groups is 1. The van der Waals surface area contributed by atoms with E-state index in [2.05, 4.69) is 4.72 Å². The normalized spacial score (nSPS) is 13.0. The lowest BCUT2D eigenvalue weighted by Gasteiger charge is -2.15. The van der Waals surface area contributed by atoms with Gasteiger partial charge in [0.25, 0.3) is 0 Å². The number of sulfonamides is 1. The van der Waals surface area contributed by atoms with Crippen molar-refractivity contribution < 1.29 is 17.9 Å². The van der Waals surface area contributed by atoms with Gasteiger partial charge in [-0.2, -0.15) is 4.72 Å². The molecule has 0 fully saturated rings. The van der Waals surface area contributed by atoms with Crippen LogP contribution in [0, 0.1) is 0 Å². The number of rotatable bonds is 6. The highest BCUT2D eigenvalue weighted by Crippen LogP contribution is 2.19. The second kappa shape index (κ2) is 6.87. The number of carbonyl (C=O) groups excluding carboxylic acids is 1. The molecule has 0 aliphatic heterocycles. The van der Waals surface area contributed by atoms with Crippen molar-refractivity contribution in [3.8, 4) is 0 Å². The Morgan fingerprint density at radius 2 is 1.91 bits per heavy atom. The molecule has 22 heavy (non-hydrogen) atoms. The van der Waals surface area contributed by atoms with Gasteiger partial charge in [0.1, 0.15) is 6.04 Å². The molecule has 0 radical (unpaired) electrons. The quantitative estimate of drug-likeness (QED) is 0.773. The van der Waals surface area contributed by atoms with E-state index in [-0.39, 0.29) is 18.0 Å². The Labute approximate surface area is 129 Å². The van der Waals surface area contributed by atoms with Crippen LogP contribution in [0.2, 0.25) is 0 Å². The van der Waals surface area contributed by atoms with Gasteiger partial charge in [-0.25, -0.2) is 8.42 Å². The first-order valence-corrected chi connectivity index (χ1v) is 8.34. The molecule has 6 nitrogen and oxygen atoms in total. The van der Waals surface area contributed by atoms with Crippen molar-refractivity contribution in [2.75, 3.05) is 13.2 Å². The molecule has 3 N–H and O–H groups in total. The minimum Gasteiger partial charge on any atom is -0.465 e. The SMILES string of the molecule is CCOC(=O)[C@H](CN)NS(=O)(=O)c1ccc2ccccc2c1. The smallest absolute Gasteiger partial charge is 0.325 e. The molecule has 0 aromatic heterocycles. The van der Waals surface area contributed by atoms with E-state index < -0.39 is 22.0 Å². The Bertz CT molecular complexity index is 774. The van der Waals surface area contributed by atoms with Gasteiger partial charge in [0.05, 0.1) is 11.5 Å². The first-order valence-electron chi connectivity index (χ1n) is 6.85. The van der Waals surface area contributed by atoms with Crippen LogP contribution in [0.5, 0.6) is 0 Å². The van der Waals surface area contributed by atoms with E-state index in [4.69, 9.17) is 10.5 Å². The van der Waals surface area contributed by atoms with E-state index in [0.29, 0.717) is 0 Å². The van der Waals surface area contributed by atoms with Crippen molar-refractivity contribution in [2.45, 2.75) is 17.9 Å². The molecular weight excluding hydrogens is 304 g/mol. The van der Waals surface area contributed by atoms with Crippen LogP contribution in [-0.2, 0) is 19.6 Å². The first kappa shape index (κ1) is 16.4. The van der Waals surface area contributed by atoms with Crippen LogP contribution in [0.25, 0.3) is 10.8 Å². The van der Waals surface area contributed by atoms with E-state index in [1.165, 1.54) is 6.07 Å². The number of fused-ring (bicyclic) bond motifs is 1. The average molecular weight is 322 g/mol. The summed E-state index contributed by atoms with van der Waals surface area (Å²) in [5.74, 6) is -0.686. The Morgan fingerprint density at radius 3 is 2.55 bits per heavy atom. The Kier molecular flexibility index (Phi) is 5.12. The molecule has 2 rings (SSSR count). The standard InChI is InChI=1S/C15H18N2O4S/c1-2-21-15(18)14(10-16)17-22(19,20)13-8-7-11-5-3-4-6-12(11)9-13/h3-9,14,17H,2,10,16H2,1H3/t14-/m0/s1. The minimum atomic E-state index is -3.86. The molecule has 2 aromatic rings. The summed E-state index contributed by atoms with van der Waals surface area (Å²) in [5.41, 5.74) is 5.45. The van der Waals surface area contributed by atoms with Crippen molar-refractivity contribution >= 4 is 26.8 Å². The third-order valence-electron chi connectivity index (χ3n) is 3.14. The van der Waals surface area contributed by atoms with E-state index in [0.717, 1.165) is 10.8 Å².